The molecule has 0 aromatic heterocycles. The molecule has 0 spiro atoms. The molecule has 1 rings (SSSR count). The van der Waals surface area contributed by atoms with E-state index in [2.05, 4.69) is 4.90 Å². The topological polar surface area (TPSA) is 73.3 Å². The number of nitrogens with one attached hydrogen (secondary N) is 1. The van der Waals surface area contributed by atoms with E-state index in [0.717, 1.165) is 13.1 Å². The molecule has 1 fully saturated rings. The summed E-state index contributed by atoms with van der Waals surface area (Å²) in [6.45, 7) is 1.74. The van der Waals surface area contributed by atoms with Gasteiger partial charge in [-0.05, 0) is 12.8 Å². The zero-order chi connectivity index (χ0) is 11.1. The number of nitrogens with zero attached hydrogens (tertiary/aromatic N) is 1. The standard InChI is InChI=1S/C11H23N3O/c12-11(13)6-7-14(8-9-15)10-4-2-1-3-5-10/h10,15H,1-9H2,(H3,12,13). The molecule has 0 bridgehead atoms. The highest BCUT2D eigenvalue weighted by molar-refractivity contribution is 5.76. The fraction of sp³-hybridized carbons (Fsp3) is 0.909. The van der Waals surface area contributed by atoms with Gasteiger partial charge in [0.1, 0.15) is 0 Å². The number of hydrogen-bond acceptors (Lipinski definition) is 3. The molecule has 4 heteroatoms. The Morgan fingerprint density at radius 3 is 2.47 bits per heavy atom. The normalized spacial score (nSPS) is 18.3. The lowest BCUT2D eigenvalue weighted by molar-refractivity contribution is 0.127. The van der Waals surface area contributed by atoms with Crippen molar-refractivity contribution in [2.75, 3.05) is 19.7 Å². The fourth-order valence-corrected chi connectivity index (χ4v) is 2.32. The maximum absolute atomic E-state index is 9.01. The van der Waals surface area contributed by atoms with Crippen molar-refractivity contribution < 1.29 is 5.11 Å². The van der Waals surface area contributed by atoms with Gasteiger partial charge in [0.25, 0.3) is 0 Å². The number of aliphatic hydroxyl groups is 1. The van der Waals surface area contributed by atoms with Gasteiger partial charge in [0.05, 0.1) is 12.4 Å². The summed E-state index contributed by atoms with van der Waals surface area (Å²) < 4.78 is 0. The van der Waals surface area contributed by atoms with E-state index in [1.165, 1.54) is 32.1 Å². The Bertz CT molecular complexity index is 190. The molecule has 0 amide bonds. The summed E-state index contributed by atoms with van der Waals surface area (Å²) in [5.74, 6) is 0.244. The molecular formula is C11H23N3O. The summed E-state index contributed by atoms with van der Waals surface area (Å²) in [7, 11) is 0. The number of aliphatic hydroxyl groups excluding tert-OH is 1. The minimum atomic E-state index is 0.203. The Morgan fingerprint density at radius 1 is 1.27 bits per heavy atom. The van der Waals surface area contributed by atoms with Gasteiger partial charge in [-0.25, -0.2) is 0 Å². The van der Waals surface area contributed by atoms with Crippen LogP contribution in [-0.4, -0.2) is 41.6 Å². The van der Waals surface area contributed by atoms with Crippen molar-refractivity contribution in [3.05, 3.63) is 0 Å². The molecule has 88 valence electrons. The van der Waals surface area contributed by atoms with Crippen LogP contribution in [0.1, 0.15) is 38.5 Å². The monoisotopic (exact) mass is 213 g/mol. The van der Waals surface area contributed by atoms with Crippen LogP contribution in [0, 0.1) is 5.41 Å². The van der Waals surface area contributed by atoms with E-state index in [4.69, 9.17) is 16.2 Å². The third-order valence-corrected chi connectivity index (χ3v) is 3.15. The van der Waals surface area contributed by atoms with E-state index in [0.29, 0.717) is 12.5 Å². The molecule has 0 atom stereocenters. The van der Waals surface area contributed by atoms with E-state index >= 15 is 0 Å². The maximum Gasteiger partial charge on any atom is 0.0918 e. The van der Waals surface area contributed by atoms with Gasteiger partial charge in [-0.3, -0.25) is 10.3 Å². The van der Waals surface area contributed by atoms with Crippen molar-refractivity contribution in [1.29, 1.82) is 5.41 Å². The summed E-state index contributed by atoms with van der Waals surface area (Å²) >= 11 is 0. The highest BCUT2D eigenvalue weighted by Gasteiger charge is 2.20. The van der Waals surface area contributed by atoms with Gasteiger partial charge in [0.15, 0.2) is 0 Å². The van der Waals surface area contributed by atoms with Crippen molar-refractivity contribution in [1.82, 2.24) is 4.90 Å². The Labute approximate surface area is 92.0 Å². The molecule has 0 aromatic carbocycles. The molecule has 1 aliphatic carbocycles. The highest BCUT2D eigenvalue weighted by atomic mass is 16.3. The Hall–Kier alpha value is -0.610. The quantitative estimate of drug-likeness (QED) is 0.454. The summed E-state index contributed by atoms with van der Waals surface area (Å²) in [4.78, 5) is 2.29. The fourth-order valence-electron chi connectivity index (χ4n) is 2.32. The molecule has 0 heterocycles. The first-order chi connectivity index (χ1) is 7.24. The van der Waals surface area contributed by atoms with Crippen LogP contribution in [0.25, 0.3) is 0 Å². The zero-order valence-corrected chi connectivity index (χ0v) is 9.41. The minimum Gasteiger partial charge on any atom is -0.395 e. The van der Waals surface area contributed by atoms with Gasteiger partial charge >= 0.3 is 0 Å². The van der Waals surface area contributed by atoms with Crippen molar-refractivity contribution in [3.63, 3.8) is 0 Å². The third kappa shape index (κ3) is 4.62. The summed E-state index contributed by atoms with van der Waals surface area (Å²) in [6.07, 6.45) is 7.03. The lowest BCUT2D eigenvalue weighted by Crippen LogP contribution is -2.40. The van der Waals surface area contributed by atoms with Crippen LogP contribution in [-0.2, 0) is 0 Å². The molecule has 4 N–H and O–H groups in total. The van der Waals surface area contributed by atoms with Gasteiger partial charge in [0, 0.05) is 25.6 Å². The Balaban J connectivity index is 2.36. The van der Waals surface area contributed by atoms with Gasteiger partial charge in [0.2, 0.25) is 0 Å². The lowest BCUT2D eigenvalue weighted by atomic mass is 9.94. The van der Waals surface area contributed by atoms with Crippen molar-refractivity contribution >= 4 is 5.84 Å². The van der Waals surface area contributed by atoms with Crippen LogP contribution in [0.15, 0.2) is 0 Å². The molecule has 15 heavy (non-hydrogen) atoms. The first-order valence-electron chi connectivity index (χ1n) is 5.92. The molecule has 0 aliphatic heterocycles. The Morgan fingerprint density at radius 2 is 1.93 bits per heavy atom. The second-order valence-electron chi connectivity index (χ2n) is 4.33. The first-order valence-corrected chi connectivity index (χ1v) is 5.92. The zero-order valence-electron chi connectivity index (χ0n) is 9.41. The Kier molecular flexibility index (Phi) is 5.65. The second-order valence-corrected chi connectivity index (χ2v) is 4.33. The van der Waals surface area contributed by atoms with Gasteiger partial charge in [-0.15, -0.1) is 0 Å². The van der Waals surface area contributed by atoms with Crippen LogP contribution in [0.4, 0.5) is 0 Å². The van der Waals surface area contributed by atoms with Crippen LogP contribution in [0.2, 0.25) is 0 Å². The lowest BCUT2D eigenvalue weighted by Gasteiger charge is -2.33. The van der Waals surface area contributed by atoms with E-state index in [9.17, 15) is 0 Å². The van der Waals surface area contributed by atoms with Gasteiger partial charge in [-0.1, -0.05) is 19.3 Å². The SMILES string of the molecule is N=C(N)CCN(CCO)C1CCCCC1. The number of nitrogens with two attached hydrogens (primary N) is 1. The van der Waals surface area contributed by atoms with E-state index in [-0.39, 0.29) is 12.4 Å². The average Bonchev–Trinajstić information content (AvgIpc) is 2.25. The molecule has 1 aliphatic rings. The predicted octanol–water partition coefficient (Wildman–Crippen LogP) is 0.939. The minimum absolute atomic E-state index is 0.203. The van der Waals surface area contributed by atoms with Crippen molar-refractivity contribution in [2.45, 2.75) is 44.6 Å². The summed E-state index contributed by atoms with van der Waals surface area (Å²) in [6, 6.07) is 0.602. The maximum atomic E-state index is 9.01. The molecule has 0 radical (unpaired) electrons. The average molecular weight is 213 g/mol. The molecule has 1 saturated carbocycles. The molecule has 0 aromatic rings. The largest absolute Gasteiger partial charge is 0.395 e. The van der Waals surface area contributed by atoms with Crippen molar-refractivity contribution in [3.8, 4) is 0 Å². The van der Waals surface area contributed by atoms with Crippen LogP contribution in [0.3, 0.4) is 0 Å². The summed E-state index contributed by atoms with van der Waals surface area (Å²) in [5, 5.41) is 16.2. The summed E-state index contributed by atoms with van der Waals surface area (Å²) in [5.41, 5.74) is 5.36. The predicted molar refractivity (Wildman–Crippen MR) is 62.1 cm³/mol. The van der Waals surface area contributed by atoms with Gasteiger partial charge in [-0.2, -0.15) is 0 Å². The van der Waals surface area contributed by atoms with Crippen LogP contribution >= 0.6 is 0 Å². The van der Waals surface area contributed by atoms with Crippen LogP contribution in [0.5, 0.6) is 0 Å². The number of amidine groups is 1. The van der Waals surface area contributed by atoms with Crippen molar-refractivity contribution in [2.24, 2.45) is 5.73 Å². The van der Waals surface area contributed by atoms with Crippen LogP contribution < -0.4 is 5.73 Å². The van der Waals surface area contributed by atoms with E-state index in [1.54, 1.807) is 0 Å². The third-order valence-electron chi connectivity index (χ3n) is 3.15. The number of rotatable bonds is 6. The van der Waals surface area contributed by atoms with E-state index < -0.39 is 0 Å². The molecule has 4 nitrogen and oxygen atoms in total. The molecule has 0 saturated heterocycles. The number of hydrogen-bond donors (Lipinski definition) is 3. The molecule has 0 unspecified atom stereocenters. The smallest absolute Gasteiger partial charge is 0.0918 e. The highest BCUT2D eigenvalue weighted by Crippen LogP contribution is 2.22. The van der Waals surface area contributed by atoms with E-state index in [1.807, 2.05) is 0 Å². The van der Waals surface area contributed by atoms with Gasteiger partial charge < -0.3 is 10.8 Å². The first kappa shape index (κ1) is 12.5. The second kappa shape index (κ2) is 6.80. The molecular weight excluding hydrogens is 190 g/mol.